The zero-order valence-electron chi connectivity index (χ0n) is 10.1. The van der Waals surface area contributed by atoms with Crippen LogP contribution in [0.2, 0.25) is 0 Å². The fourth-order valence-corrected chi connectivity index (χ4v) is 1.63. The van der Waals surface area contributed by atoms with E-state index in [9.17, 15) is 23.2 Å². The molecule has 0 aromatic heterocycles. The minimum Gasteiger partial charge on any atom is -0.726 e. The van der Waals surface area contributed by atoms with Crippen molar-refractivity contribution in [1.29, 1.82) is 0 Å². The molecule has 1 aliphatic heterocycles. The van der Waals surface area contributed by atoms with E-state index in [1.165, 1.54) is 0 Å². The summed E-state index contributed by atoms with van der Waals surface area (Å²) in [6.45, 7) is 5.26. The molecular weight excluding hydrogens is 252 g/mol. The molecule has 1 fully saturated rings. The van der Waals surface area contributed by atoms with Crippen LogP contribution in [0.1, 0.15) is 20.8 Å². The molecule has 0 amide bonds. The van der Waals surface area contributed by atoms with Crippen LogP contribution in [0.25, 0.3) is 0 Å². The van der Waals surface area contributed by atoms with E-state index in [1.54, 1.807) is 6.92 Å². The smallest absolute Gasteiger partial charge is 0.217 e. The first-order valence-corrected chi connectivity index (χ1v) is 6.72. The maximum atomic E-state index is 10.1. The second-order valence-electron chi connectivity index (χ2n) is 3.52. The van der Waals surface area contributed by atoms with Crippen molar-refractivity contribution < 1.29 is 32.1 Å². The quantitative estimate of drug-likeness (QED) is 0.512. The molecule has 0 spiro atoms. The van der Waals surface area contributed by atoms with E-state index >= 15 is 0 Å². The van der Waals surface area contributed by atoms with Gasteiger partial charge in [-0.05, 0) is 0 Å². The molecule has 0 aromatic carbocycles. The monoisotopic (exact) mass is 271 g/mol. The Labute approximate surface area is 101 Å². The van der Waals surface area contributed by atoms with Crippen molar-refractivity contribution in [2.45, 2.75) is 39.1 Å². The number of aliphatic hydroxyl groups is 2. The van der Waals surface area contributed by atoms with Crippen LogP contribution in [-0.4, -0.2) is 54.7 Å². The van der Waals surface area contributed by atoms with E-state index in [0.717, 1.165) is 0 Å². The summed E-state index contributed by atoms with van der Waals surface area (Å²) in [6.07, 6.45) is -3.27. The van der Waals surface area contributed by atoms with Gasteiger partial charge in [0.05, 0.1) is 19.3 Å². The molecule has 4 atom stereocenters. The Morgan fingerprint density at radius 1 is 1.35 bits per heavy atom. The molecule has 7 nitrogen and oxygen atoms in total. The molecule has 104 valence electrons. The number of hydrogen-bond donors (Lipinski definition) is 2. The Hall–Kier alpha value is -0.250. The van der Waals surface area contributed by atoms with Gasteiger partial charge in [0.2, 0.25) is 10.4 Å². The zero-order valence-corrected chi connectivity index (χ0v) is 10.9. The van der Waals surface area contributed by atoms with Crippen molar-refractivity contribution in [3.05, 3.63) is 0 Å². The fraction of sp³-hybridized carbons (Fsp3) is 1.00. The van der Waals surface area contributed by atoms with Crippen molar-refractivity contribution >= 4 is 10.4 Å². The van der Waals surface area contributed by atoms with Crippen LogP contribution >= 0.6 is 0 Å². The fourth-order valence-electron chi connectivity index (χ4n) is 1.33. The second-order valence-corrected chi connectivity index (χ2v) is 4.58. The minimum atomic E-state index is -4.80. The van der Waals surface area contributed by atoms with Gasteiger partial charge in [-0.3, -0.25) is 4.18 Å². The second kappa shape index (κ2) is 7.24. The topological polar surface area (TPSA) is 116 Å². The van der Waals surface area contributed by atoms with Crippen LogP contribution in [0, 0.1) is 5.92 Å². The molecule has 0 aromatic rings. The van der Waals surface area contributed by atoms with Crippen LogP contribution in [0.3, 0.4) is 0 Å². The lowest BCUT2D eigenvalue weighted by Gasteiger charge is -2.35. The van der Waals surface area contributed by atoms with Gasteiger partial charge in [0.25, 0.3) is 0 Å². The van der Waals surface area contributed by atoms with Crippen molar-refractivity contribution in [3.63, 3.8) is 0 Å². The zero-order chi connectivity index (χ0) is 13.6. The summed E-state index contributed by atoms with van der Waals surface area (Å²) in [5.74, 6) is -0.250. The van der Waals surface area contributed by atoms with Gasteiger partial charge >= 0.3 is 0 Å². The van der Waals surface area contributed by atoms with Gasteiger partial charge in [-0.15, -0.1) is 0 Å². The molecule has 1 saturated heterocycles. The molecule has 0 aliphatic carbocycles. The molecule has 1 aliphatic rings. The van der Waals surface area contributed by atoms with Gasteiger partial charge in [-0.2, -0.15) is 0 Å². The predicted molar refractivity (Wildman–Crippen MR) is 57.9 cm³/mol. The number of aliphatic hydroxyl groups excluding tert-OH is 2. The van der Waals surface area contributed by atoms with E-state index in [1.807, 2.05) is 13.8 Å². The molecule has 1 rings (SSSR count). The SMILES string of the molecule is CC.CC1COC(COS(=O)(=O)[O-])C(O)C1O. The summed E-state index contributed by atoms with van der Waals surface area (Å²) in [6, 6.07) is 0. The largest absolute Gasteiger partial charge is 0.726 e. The standard InChI is InChI=1S/C7H14O7S.C2H6/c1-4-2-13-5(7(9)6(4)8)3-14-15(10,11)12;1-2/h4-9H,2-3H2,1H3,(H,10,11,12);1-2H3/p-1. The highest BCUT2D eigenvalue weighted by atomic mass is 32.3. The molecule has 0 saturated carbocycles. The first-order valence-electron chi connectivity index (χ1n) is 5.39. The Morgan fingerprint density at radius 3 is 2.35 bits per heavy atom. The lowest BCUT2D eigenvalue weighted by atomic mass is 9.94. The van der Waals surface area contributed by atoms with Gasteiger partial charge in [0.1, 0.15) is 12.2 Å². The molecule has 17 heavy (non-hydrogen) atoms. The van der Waals surface area contributed by atoms with Crippen molar-refractivity contribution in [2.24, 2.45) is 5.92 Å². The van der Waals surface area contributed by atoms with E-state index in [-0.39, 0.29) is 12.5 Å². The van der Waals surface area contributed by atoms with Crippen LogP contribution in [0.4, 0.5) is 0 Å². The van der Waals surface area contributed by atoms with Crippen molar-refractivity contribution in [1.82, 2.24) is 0 Å². The first kappa shape index (κ1) is 16.8. The molecular formula is C9H19O7S-. The highest BCUT2D eigenvalue weighted by Crippen LogP contribution is 2.20. The van der Waals surface area contributed by atoms with Gasteiger partial charge in [0.15, 0.2) is 0 Å². The minimum absolute atomic E-state index is 0.172. The Kier molecular flexibility index (Phi) is 7.14. The van der Waals surface area contributed by atoms with E-state index in [2.05, 4.69) is 4.18 Å². The Balaban J connectivity index is 0.00000121. The van der Waals surface area contributed by atoms with Crippen molar-refractivity contribution in [2.75, 3.05) is 13.2 Å². The molecule has 4 unspecified atom stereocenters. The number of rotatable bonds is 3. The Morgan fingerprint density at radius 2 is 1.88 bits per heavy atom. The van der Waals surface area contributed by atoms with Crippen LogP contribution in [0.5, 0.6) is 0 Å². The lowest BCUT2D eigenvalue weighted by Crippen LogP contribution is -2.51. The van der Waals surface area contributed by atoms with E-state index in [0.29, 0.717) is 0 Å². The van der Waals surface area contributed by atoms with Crippen LogP contribution in [-0.2, 0) is 19.3 Å². The van der Waals surface area contributed by atoms with E-state index < -0.39 is 35.3 Å². The van der Waals surface area contributed by atoms with Crippen LogP contribution < -0.4 is 0 Å². The third-order valence-electron chi connectivity index (χ3n) is 2.26. The number of hydrogen-bond acceptors (Lipinski definition) is 7. The highest BCUT2D eigenvalue weighted by Gasteiger charge is 2.36. The highest BCUT2D eigenvalue weighted by molar-refractivity contribution is 7.80. The normalized spacial score (nSPS) is 33.8. The molecule has 8 heteroatoms. The summed E-state index contributed by atoms with van der Waals surface area (Å²) >= 11 is 0. The average molecular weight is 271 g/mol. The molecule has 1 heterocycles. The third-order valence-corrected chi connectivity index (χ3v) is 2.69. The molecule has 0 radical (unpaired) electrons. The lowest BCUT2D eigenvalue weighted by molar-refractivity contribution is -0.168. The first-order chi connectivity index (χ1) is 7.81. The van der Waals surface area contributed by atoms with Gasteiger partial charge < -0.3 is 19.5 Å². The molecule has 2 N–H and O–H groups in total. The van der Waals surface area contributed by atoms with Gasteiger partial charge in [-0.1, -0.05) is 20.8 Å². The summed E-state index contributed by atoms with van der Waals surface area (Å²) in [4.78, 5) is 0. The maximum Gasteiger partial charge on any atom is 0.217 e. The third kappa shape index (κ3) is 5.75. The number of ether oxygens (including phenoxy) is 1. The van der Waals surface area contributed by atoms with Crippen LogP contribution in [0.15, 0.2) is 0 Å². The van der Waals surface area contributed by atoms with Gasteiger partial charge in [0, 0.05) is 5.92 Å². The van der Waals surface area contributed by atoms with E-state index in [4.69, 9.17) is 4.74 Å². The Bertz CT molecular complexity index is 302. The summed E-state index contributed by atoms with van der Waals surface area (Å²) in [7, 11) is -4.80. The maximum absolute atomic E-state index is 10.1. The molecule has 0 bridgehead atoms. The summed E-state index contributed by atoms with van der Waals surface area (Å²) in [5, 5.41) is 18.9. The predicted octanol–water partition coefficient (Wildman–Crippen LogP) is -0.754. The summed E-state index contributed by atoms with van der Waals surface area (Å²) in [5.41, 5.74) is 0. The van der Waals surface area contributed by atoms with Gasteiger partial charge in [-0.25, -0.2) is 8.42 Å². The average Bonchev–Trinajstić information content (AvgIpc) is 2.26. The van der Waals surface area contributed by atoms with Crippen molar-refractivity contribution in [3.8, 4) is 0 Å². The summed E-state index contributed by atoms with van der Waals surface area (Å²) < 4.78 is 39.4.